The van der Waals surface area contributed by atoms with E-state index < -0.39 is 0 Å². The Balaban J connectivity index is 2.20. The van der Waals surface area contributed by atoms with Gasteiger partial charge in [-0.05, 0) is 38.4 Å². The number of nitrogens with zero attached hydrogens (tertiary/aromatic N) is 1. The van der Waals surface area contributed by atoms with Gasteiger partial charge < -0.3 is 15.4 Å². The predicted molar refractivity (Wildman–Crippen MR) is 77.2 cm³/mol. The Kier molecular flexibility index (Phi) is 6.97. The maximum atomic E-state index is 11.7. The lowest BCUT2D eigenvalue weighted by atomic mass is 10.2. The highest BCUT2D eigenvalue weighted by molar-refractivity contribution is 5.75. The van der Waals surface area contributed by atoms with E-state index in [1.54, 1.807) is 4.90 Å². The minimum Gasteiger partial charge on any atom is -0.492 e. The molecule has 0 unspecified atom stereocenters. The van der Waals surface area contributed by atoms with Crippen molar-refractivity contribution in [3.63, 3.8) is 0 Å². The molecule has 2 N–H and O–H groups in total. The van der Waals surface area contributed by atoms with Crippen molar-refractivity contribution < 1.29 is 9.53 Å². The third-order valence-corrected chi connectivity index (χ3v) is 2.99. The van der Waals surface area contributed by atoms with E-state index in [0.717, 1.165) is 18.6 Å². The van der Waals surface area contributed by atoms with Crippen LogP contribution in [0.2, 0.25) is 0 Å². The van der Waals surface area contributed by atoms with E-state index in [-0.39, 0.29) is 5.91 Å². The van der Waals surface area contributed by atoms with Crippen molar-refractivity contribution in [2.45, 2.75) is 26.2 Å². The lowest BCUT2D eigenvalue weighted by Crippen LogP contribution is -2.30. The van der Waals surface area contributed by atoms with Crippen molar-refractivity contribution in [3.05, 3.63) is 29.8 Å². The topological polar surface area (TPSA) is 55.6 Å². The van der Waals surface area contributed by atoms with Gasteiger partial charge in [0.05, 0.1) is 6.54 Å². The molecule has 0 atom stereocenters. The summed E-state index contributed by atoms with van der Waals surface area (Å²) < 4.78 is 5.59. The van der Waals surface area contributed by atoms with Gasteiger partial charge in [-0.2, -0.15) is 0 Å². The van der Waals surface area contributed by atoms with Crippen LogP contribution >= 0.6 is 0 Å². The number of nitrogens with two attached hydrogens (primary N) is 1. The normalized spacial score (nSPS) is 10.3. The van der Waals surface area contributed by atoms with E-state index >= 15 is 0 Å². The van der Waals surface area contributed by atoms with Gasteiger partial charge in [-0.3, -0.25) is 4.79 Å². The van der Waals surface area contributed by atoms with Crippen LogP contribution in [0.25, 0.3) is 0 Å². The Labute approximate surface area is 115 Å². The van der Waals surface area contributed by atoms with Crippen LogP contribution < -0.4 is 10.5 Å². The summed E-state index contributed by atoms with van der Waals surface area (Å²) in [7, 11) is 1.81. The number of amides is 1. The van der Waals surface area contributed by atoms with Gasteiger partial charge in [0.25, 0.3) is 0 Å². The number of unbranched alkanes of at least 4 members (excludes halogenated alkanes) is 1. The molecule has 0 fully saturated rings. The van der Waals surface area contributed by atoms with Gasteiger partial charge in [0.15, 0.2) is 0 Å². The summed E-state index contributed by atoms with van der Waals surface area (Å²) in [6, 6.07) is 7.91. The second-order valence-electron chi connectivity index (χ2n) is 4.72. The number of benzene rings is 1. The monoisotopic (exact) mass is 264 g/mol. The van der Waals surface area contributed by atoms with E-state index in [4.69, 9.17) is 10.5 Å². The van der Waals surface area contributed by atoms with Gasteiger partial charge >= 0.3 is 0 Å². The minimum absolute atomic E-state index is 0.154. The number of rotatable bonds is 8. The summed E-state index contributed by atoms with van der Waals surface area (Å²) in [6.45, 7) is 3.81. The van der Waals surface area contributed by atoms with Crippen molar-refractivity contribution in [3.8, 4) is 5.75 Å². The van der Waals surface area contributed by atoms with Gasteiger partial charge in [0, 0.05) is 13.5 Å². The highest BCUT2D eigenvalue weighted by Crippen LogP contribution is 2.11. The first-order valence-corrected chi connectivity index (χ1v) is 6.77. The number of carbonyl (C=O) groups is 1. The number of carbonyl (C=O) groups excluding carboxylic acids is 1. The lowest BCUT2D eigenvalue weighted by molar-refractivity contribution is -0.130. The largest absolute Gasteiger partial charge is 0.492 e. The smallest absolute Gasteiger partial charge is 0.222 e. The third kappa shape index (κ3) is 6.25. The predicted octanol–water partition coefficient (Wildman–Crippen LogP) is 1.96. The number of ether oxygens (including phenoxy) is 1. The van der Waals surface area contributed by atoms with Crippen LogP contribution in [0.4, 0.5) is 0 Å². The summed E-state index contributed by atoms with van der Waals surface area (Å²) in [5, 5.41) is 0. The molecule has 1 aromatic rings. The van der Waals surface area contributed by atoms with Crippen LogP contribution in [0, 0.1) is 6.92 Å². The van der Waals surface area contributed by atoms with Gasteiger partial charge in [-0.25, -0.2) is 0 Å². The molecular formula is C15H24N2O2. The molecule has 4 heteroatoms. The Morgan fingerprint density at radius 2 is 1.95 bits per heavy atom. The molecule has 1 amide bonds. The number of hydrogen-bond acceptors (Lipinski definition) is 3. The maximum absolute atomic E-state index is 11.7. The second-order valence-corrected chi connectivity index (χ2v) is 4.72. The molecule has 0 saturated carbocycles. The lowest BCUT2D eigenvalue weighted by Gasteiger charge is -2.17. The first-order chi connectivity index (χ1) is 9.13. The van der Waals surface area contributed by atoms with Gasteiger partial charge in [-0.1, -0.05) is 17.7 Å². The van der Waals surface area contributed by atoms with Gasteiger partial charge in [0.2, 0.25) is 5.91 Å². The highest BCUT2D eigenvalue weighted by atomic mass is 16.5. The van der Waals surface area contributed by atoms with E-state index in [9.17, 15) is 4.79 Å². The summed E-state index contributed by atoms with van der Waals surface area (Å²) in [4.78, 5) is 13.4. The highest BCUT2D eigenvalue weighted by Gasteiger charge is 2.07. The van der Waals surface area contributed by atoms with Gasteiger partial charge in [-0.15, -0.1) is 0 Å². The summed E-state index contributed by atoms with van der Waals surface area (Å²) in [5.74, 6) is 0.996. The fourth-order valence-corrected chi connectivity index (χ4v) is 1.67. The molecule has 1 rings (SSSR count). The van der Waals surface area contributed by atoms with Crippen molar-refractivity contribution >= 4 is 5.91 Å². The molecule has 0 aliphatic rings. The molecule has 1 aromatic carbocycles. The second kappa shape index (κ2) is 8.53. The minimum atomic E-state index is 0.154. The zero-order chi connectivity index (χ0) is 14.1. The summed E-state index contributed by atoms with van der Waals surface area (Å²) in [5.41, 5.74) is 6.61. The van der Waals surface area contributed by atoms with E-state index in [0.29, 0.717) is 26.1 Å². The Bertz CT molecular complexity index is 376. The Morgan fingerprint density at radius 3 is 2.58 bits per heavy atom. The molecule has 0 aliphatic heterocycles. The molecule has 0 saturated heterocycles. The van der Waals surface area contributed by atoms with Gasteiger partial charge in [0.1, 0.15) is 12.4 Å². The van der Waals surface area contributed by atoms with Crippen LogP contribution in [0.1, 0.15) is 24.8 Å². The standard InChI is InChI=1S/C15H24N2O2/c1-13-6-8-14(9-7-13)19-12-11-17(2)15(18)5-3-4-10-16/h6-9H,3-5,10-12,16H2,1-2H3. The SMILES string of the molecule is Cc1ccc(OCCN(C)C(=O)CCCCN)cc1. The van der Waals surface area contributed by atoms with Crippen LogP contribution in [0.15, 0.2) is 24.3 Å². The quantitative estimate of drug-likeness (QED) is 0.730. The Morgan fingerprint density at radius 1 is 1.26 bits per heavy atom. The van der Waals surface area contributed by atoms with Crippen LogP contribution in [-0.2, 0) is 4.79 Å². The first-order valence-electron chi connectivity index (χ1n) is 6.77. The number of likely N-dealkylation sites (N-methyl/N-ethyl adjacent to an activating group) is 1. The van der Waals surface area contributed by atoms with Crippen molar-refractivity contribution in [1.29, 1.82) is 0 Å². The molecule has 0 spiro atoms. The zero-order valence-corrected chi connectivity index (χ0v) is 11.9. The van der Waals surface area contributed by atoms with Crippen LogP contribution in [-0.4, -0.2) is 37.6 Å². The summed E-state index contributed by atoms with van der Waals surface area (Å²) >= 11 is 0. The van der Waals surface area contributed by atoms with E-state index in [2.05, 4.69) is 0 Å². The molecule has 0 heterocycles. The molecule has 19 heavy (non-hydrogen) atoms. The molecule has 4 nitrogen and oxygen atoms in total. The van der Waals surface area contributed by atoms with Crippen LogP contribution in [0.5, 0.6) is 5.75 Å². The average Bonchev–Trinajstić information content (AvgIpc) is 2.41. The molecule has 0 aromatic heterocycles. The average molecular weight is 264 g/mol. The Hall–Kier alpha value is -1.55. The molecule has 0 radical (unpaired) electrons. The van der Waals surface area contributed by atoms with Crippen LogP contribution in [0.3, 0.4) is 0 Å². The van der Waals surface area contributed by atoms with E-state index in [1.807, 2.05) is 38.2 Å². The summed E-state index contributed by atoms with van der Waals surface area (Å²) in [6.07, 6.45) is 2.33. The molecular weight excluding hydrogens is 240 g/mol. The fourth-order valence-electron chi connectivity index (χ4n) is 1.67. The maximum Gasteiger partial charge on any atom is 0.222 e. The fraction of sp³-hybridized carbons (Fsp3) is 0.533. The van der Waals surface area contributed by atoms with Crippen molar-refractivity contribution in [2.24, 2.45) is 5.73 Å². The number of aryl methyl sites for hydroxylation is 1. The van der Waals surface area contributed by atoms with Crippen molar-refractivity contribution in [2.75, 3.05) is 26.7 Å². The molecule has 106 valence electrons. The van der Waals surface area contributed by atoms with E-state index in [1.165, 1.54) is 5.56 Å². The first kappa shape index (κ1) is 15.5. The third-order valence-electron chi connectivity index (χ3n) is 2.99. The zero-order valence-electron chi connectivity index (χ0n) is 11.9. The van der Waals surface area contributed by atoms with Crippen molar-refractivity contribution in [1.82, 2.24) is 4.90 Å². The number of hydrogen-bond donors (Lipinski definition) is 1. The molecule has 0 aliphatic carbocycles. The molecule has 0 bridgehead atoms.